The summed E-state index contributed by atoms with van der Waals surface area (Å²) in [5.74, 6) is 0.359. The lowest BCUT2D eigenvalue weighted by atomic mass is 10.2. The SMILES string of the molecule is COc1ccc(Oc2ccc(C#N)c(F)c2)c(C#N)c1. The van der Waals surface area contributed by atoms with Crippen molar-refractivity contribution in [2.24, 2.45) is 0 Å². The molecule has 0 bridgehead atoms. The molecule has 0 aliphatic carbocycles. The van der Waals surface area contributed by atoms with Crippen LogP contribution in [0, 0.1) is 28.5 Å². The number of hydrogen-bond donors (Lipinski definition) is 0. The molecular weight excluding hydrogens is 259 g/mol. The molecule has 0 unspecified atom stereocenters. The maximum atomic E-state index is 13.5. The molecule has 0 saturated carbocycles. The highest BCUT2D eigenvalue weighted by Crippen LogP contribution is 2.29. The van der Waals surface area contributed by atoms with Crippen LogP contribution in [0.25, 0.3) is 0 Å². The second kappa shape index (κ2) is 5.73. The lowest BCUT2D eigenvalue weighted by Crippen LogP contribution is -1.92. The molecule has 0 spiro atoms. The van der Waals surface area contributed by atoms with E-state index < -0.39 is 5.82 Å². The highest BCUT2D eigenvalue weighted by Gasteiger charge is 2.09. The standard InChI is InChI=1S/C15H9FN2O2/c1-19-12-4-5-15(11(6-12)9-18)20-13-3-2-10(8-17)14(16)7-13/h2-7H,1H3. The highest BCUT2D eigenvalue weighted by atomic mass is 19.1. The molecule has 0 radical (unpaired) electrons. The summed E-state index contributed by atoms with van der Waals surface area (Å²) in [6.45, 7) is 0. The molecule has 0 aliphatic heterocycles. The monoisotopic (exact) mass is 268 g/mol. The molecule has 4 nitrogen and oxygen atoms in total. The van der Waals surface area contributed by atoms with Gasteiger partial charge < -0.3 is 9.47 Å². The maximum absolute atomic E-state index is 13.5. The Labute approximate surface area is 115 Å². The quantitative estimate of drug-likeness (QED) is 0.855. The summed E-state index contributed by atoms with van der Waals surface area (Å²) in [6, 6.07) is 12.3. The Morgan fingerprint density at radius 1 is 0.950 bits per heavy atom. The average Bonchev–Trinajstić information content (AvgIpc) is 2.48. The number of hydrogen-bond acceptors (Lipinski definition) is 4. The topological polar surface area (TPSA) is 66.0 Å². The summed E-state index contributed by atoms with van der Waals surface area (Å²) in [5.41, 5.74) is 0.210. The fourth-order valence-electron chi connectivity index (χ4n) is 1.59. The molecule has 0 saturated heterocycles. The maximum Gasteiger partial charge on any atom is 0.145 e. The van der Waals surface area contributed by atoms with Crippen LogP contribution in [0.3, 0.4) is 0 Å². The molecule has 98 valence electrons. The average molecular weight is 268 g/mol. The molecule has 20 heavy (non-hydrogen) atoms. The van der Waals surface area contributed by atoms with E-state index in [1.165, 1.54) is 25.3 Å². The van der Waals surface area contributed by atoms with Crippen LogP contribution >= 0.6 is 0 Å². The van der Waals surface area contributed by atoms with Gasteiger partial charge in [-0.2, -0.15) is 10.5 Å². The van der Waals surface area contributed by atoms with Crippen molar-refractivity contribution in [2.75, 3.05) is 7.11 Å². The first kappa shape index (κ1) is 13.4. The zero-order valence-corrected chi connectivity index (χ0v) is 10.6. The van der Waals surface area contributed by atoms with Crippen LogP contribution in [0.2, 0.25) is 0 Å². The van der Waals surface area contributed by atoms with Crippen molar-refractivity contribution in [1.29, 1.82) is 10.5 Å². The van der Waals surface area contributed by atoms with Gasteiger partial charge in [0.15, 0.2) is 0 Å². The first-order chi connectivity index (χ1) is 9.67. The minimum absolute atomic E-state index is 0.0624. The van der Waals surface area contributed by atoms with Gasteiger partial charge in [-0.25, -0.2) is 4.39 Å². The molecule has 0 aromatic heterocycles. The molecular formula is C15H9FN2O2. The number of halogens is 1. The molecule has 2 rings (SSSR count). The second-order valence-electron chi connectivity index (χ2n) is 3.83. The van der Waals surface area contributed by atoms with Gasteiger partial charge in [0.25, 0.3) is 0 Å². The first-order valence-electron chi connectivity index (χ1n) is 5.63. The van der Waals surface area contributed by atoms with Crippen LogP contribution in [0.4, 0.5) is 4.39 Å². The predicted molar refractivity (Wildman–Crippen MR) is 68.9 cm³/mol. The molecule has 2 aromatic carbocycles. The molecule has 0 heterocycles. The van der Waals surface area contributed by atoms with Crippen LogP contribution in [0.5, 0.6) is 17.2 Å². The van der Waals surface area contributed by atoms with Crippen molar-refractivity contribution < 1.29 is 13.9 Å². The number of nitrogens with zero attached hydrogens (tertiary/aromatic N) is 2. The van der Waals surface area contributed by atoms with Gasteiger partial charge in [0.2, 0.25) is 0 Å². The van der Waals surface area contributed by atoms with Gasteiger partial charge >= 0.3 is 0 Å². The van der Waals surface area contributed by atoms with E-state index in [-0.39, 0.29) is 22.6 Å². The van der Waals surface area contributed by atoms with E-state index in [2.05, 4.69) is 0 Å². The lowest BCUT2D eigenvalue weighted by Gasteiger charge is -2.09. The van der Waals surface area contributed by atoms with Gasteiger partial charge in [-0.15, -0.1) is 0 Å². The summed E-state index contributed by atoms with van der Waals surface area (Å²) in [5, 5.41) is 17.7. The van der Waals surface area contributed by atoms with Crippen LogP contribution in [0.1, 0.15) is 11.1 Å². The third-order valence-corrected chi connectivity index (χ3v) is 2.60. The van der Waals surface area contributed by atoms with Gasteiger partial charge in [0, 0.05) is 12.1 Å². The number of methoxy groups -OCH3 is 1. The third-order valence-electron chi connectivity index (χ3n) is 2.60. The molecule has 0 amide bonds. The minimum atomic E-state index is -0.669. The van der Waals surface area contributed by atoms with E-state index in [1.54, 1.807) is 18.2 Å². The number of rotatable bonds is 3. The Balaban J connectivity index is 2.33. The molecule has 5 heteroatoms. The zero-order chi connectivity index (χ0) is 14.5. The molecule has 0 atom stereocenters. The molecule has 0 fully saturated rings. The zero-order valence-electron chi connectivity index (χ0n) is 10.6. The van der Waals surface area contributed by atoms with E-state index in [0.717, 1.165) is 6.07 Å². The van der Waals surface area contributed by atoms with Crippen molar-refractivity contribution >= 4 is 0 Å². The van der Waals surface area contributed by atoms with E-state index >= 15 is 0 Å². The van der Waals surface area contributed by atoms with E-state index in [1.807, 2.05) is 6.07 Å². The minimum Gasteiger partial charge on any atom is -0.497 e. The number of ether oxygens (including phenoxy) is 2. The van der Waals surface area contributed by atoms with Crippen LogP contribution < -0.4 is 9.47 Å². The fraction of sp³-hybridized carbons (Fsp3) is 0.0667. The summed E-state index contributed by atoms with van der Waals surface area (Å²) < 4.78 is 23.9. The van der Waals surface area contributed by atoms with Gasteiger partial charge in [0.05, 0.1) is 18.2 Å². The Kier molecular flexibility index (Phi) is 3.83. The van der Waals surface area contributed by atoms with Gasteiger partial charge in [-0.05, 0) is 24.3 Å². The van der Waals surface area contributed by atoms with Crippen LogP contribution in [-0.2, 0) is 0 Å². The van der Waals surface area contributed by atoms with Crippen LogP contribution in [-0.4, -0.2) is 7.11 Å². The number of benzene rings is 2. The van der Waals surface area contributed by atoms with Crippen molar-refractivity contribution in [2.45, 2.75) is 0 Å². The Morgan fingerprint density at radius 3 is 2.25 bits per heavy atom. The van der Waals surface area contributed by atoms with Crippen molar-refractivity contribution in [3.8, 4) is 29.4 Å². The summed E-state index contributed by atoms with van der Waals surface area (Å²) in [7, 11) is 1.49. The molecule has 0 N–H and O–H groups in total. The summed E-state index contributed by atoms with van der Waals surface area (Å²) in [6.07, 6.45) is 0. The first-order valence-corrected chi connectivity index (χ1v) is 5.63. The number of nitriles is 2. The van der Waals surface area contributed by atoms with Gasteiger partial charge in [-0.1, -0.05) is 0 Å². The van der Waals surface area contributed by atoms with Crippen molar-refractivity contribution in [3.05, 3.63) is 53.3 Å². The normalized spacial score (nSPS) is 9.40. The Bertz CT molecular complexity index is 730. The van der Waals surface area contributed by atoms with E-state index in [0.29, 0.717) is 5.75 Å². The smallest absolute Gasteiger partial charge is 0.145 e. The lowest BCUT2D eigenvalue weighted by molar-refractivity contribution is 0.412. The summed E-state index contributed by atoms with van der Waals surface area (Å²) in [4.78, 5) is 0. The van der Waals surface area contributed by atoms with Crippen LogP contribution in [0.15, 0.2) is 36.4 Å². The van der Waals surface area contributed by atoms with Crippen molar-refractivity contribution in [3.63, 3.8) is 0 Å². The highest BCUT2D eigenvalue weighted by molar-refractivity contribution is 5.49. The predicted octanol–water partition coefficient (Wildman–Crippen LogP) is 3.37. The molecule has 0 aliphatic rings. The van der Waals surface area contributed by atoms with E-state index in [9.17, 15) is 4.39 Å². The largest absolute Gasteiger partial charge is 0.497 e. The third kappa shape index (κ3) is 2.68. The second-order valence-corrected chi connectivity index (χ2v) is 3.83. The Hall–Kier alpha value is -3.05. The Morgan fingerprint density at radius 2 is 1.65 bits per heavy atom. The molecule has 2 aromatic rings. The summed E-state index contributed by atoms with van der Waals surface area (Å²) >= 11 is 0. The fourth-order valence-corrected chi connectivity index (χ4v) is 1.59. The van der Waals surface area contributed by atoms with Gasteiger partial charge in [-0.3, -0.25) is 0 Å². The van der Waals surface area contributed by atoms with Crippen molar-refractivity contribution in [1.82, 2.24) is 0 Å². The van der Waals surface area contributed by atoms with Gasteiger partial charge in [0.1, 0.15) is 35.2 Å². The van der Waals surface area contributed by atoms with E-state index in [4.69, 9.17) is 20.0 Å².